The molecule has 0 aliphatic rings. The minimum Gasteiger partial charge on any atom is -0.493 e. The number of nitrogens with one attached hydrogen (secondary N) is 2. The van der Waals surface area contributed by atoms with Gasteiger partial charge >= 0.3 is 0 Å². The lowest BCUT2D eigenvalue weighted by molar-refractivity contribution is -0.120. The van der Waals surface area contributed by atoms with Gasteiger partial charge in [-0.1, -0.05) is 11.6 Å². The van der Waals surface area contributed by atoms with Crippen molar-refractivity contribution in [2.45, 2.75) is 25.1 Å². The summed E-state index contributed by atoms with van der Waals surface area (Å²) in [7, 11) is -1.06. The smallest absolute Gasteiger partial charge is 0.245 e. The summed E-state index contributed by atoms with van der Waals surface area (Å²) < 4.78 is 51.1. The van der Waals surface area contributed by atoms with Crippen molar-refractivity contribution in [2.75, 3.05) is 19.5 Å². The lowest BCUT2D eigenvalue weighted by Crippen LogP contribution is -2.52. The summed E-state index contributed by atoms with van der Waals surface area (Å²) in [5.41, 5.74) is -1.01. The van der Waals surface area contributed by atoms with Gasteiger partial charge in [-0.25, -0.2) is 12.8 Å². The standard InChI is InChI=1S/C19H22ClFN2O5S/c1-19(2,18(24)22-14-6-8-16(27-3)17(10-14)28-4)23-29(25,26)11-12-9-13(21)5-7-15(12)20/h5-10,23H,11H2,1-4H3,(H,22,24). The van der Waals surface area contributed by atoms with Gasteiger partial charge in [-0.05, 0) is 49.7 Å². The molecule has 0 bridgehead atoms. The van der Waals surface area contributed by atoms with Crippen molar-refractivity contribution in [2.24, 2.45) is 0 Å². The first kappa shape index (κ1) is 22.9. The molecular formula is C19H22ClFN2O5S. The van der Waals surface area contributed by atoms with E-state index in [2.05, 4.69) is 10.0 Å². The molecule has 158 valence electrons. The average molecular weight is 445 g/mol. The maximum absolute atomic E-state index is 13.4. The second kappa shape index (κ2) is 8.98. The summed E-state index contributed by atoms with van der Waals surface area (Å²) in [5.74, 6) is -0.887. The van der Waals surface area contributed by atoms with Crippen LogP contribution < -0.4 is 19.5 Å². The number of carbonyl (C=O) groups excluding carboxylic acids is 1. The number of methoxy groups -OCH3 is 2. The van der Waals surface area contributed by atoms with Crippen molar-refractivity contribution in [3.63, 3.8) is 0 Å². The number of ether oxygens (including phenoxy) is 2. The highest BCUT2D eigenvalue weighted by Crippen LogP contribution is 2.30. The summed E-state index contributed by atoms with van der Waals surface area (Å²) in [6, 6.07) is 8.20. The Morgan fingerprint density at radius 2 is 1.76 bits per heavy atom. The van der Waals surface area contributed by atoms with Crippen molar-refractivity contribution in [1.29, 1.82) is 0 Å². The number of hydrogen-bond donors (Lipinski definition) is 2. The van der Waals surface area contributed by atoms with Gasteiger partial charge in [-0.3, -0.25) is 4.79 Å². The first-order valence-corrected chi connectivity index (χ1v) is 10.5. The summed E-state index contributed by atoms with van der Waals surface area (Å²) in [4.78, 5) is 12.6. The molecule has 2 rings (SSSR count). The number of anilines is 1. The van der Waals surface area contributed by atoms with E-state index in [1.807, 2.05) is 0 Å². The Bertz CT molecular complexity index is 1010. The Morgan fingerprint density at radius 1 is 1.10 bits per heavy atom. The molecule has 1 amide bonds. The largest absolute Gasteiger partial charge is 0.493 e. The van der Waals surface area contributed by atoms with Crippen LogP contribution in [-0.4, -0.2) is 34.1 Å². The topological polar surface area (TPSA) is 93.7 Å². The minimum absolute atomic E-state index is 0.0928. The number of hydrogen-bond acceptors (Lipinski definition) is 5. The Balaban J connectivity index is 2.14. The Hall–Kier alpha value is -2.36. The normalized spacial score (nSPS) is 11.8. The van der Waals surface area contributed by atoms with Crippen LogP contribution in [0.1, 0.15) is 19.4 Å². The number of carbonyl (C=O) groups is 1. The zero-order valence-corrected chi connectivity index (χ0v) is 17.9. The van der Waals surface area contributed by atoms with E-state index in [-0.39, 0.29) is 10.6 Å². The highest BCUT2D eigenvalue weighted by atomic mass is 35.5. The molecule has 2 aromatic carbocycles. The van der Waals surface area contributed by atoms with Crippen LogP contribution in [0.5, 0.6) is 11.5 Å². The van der Waals surface area contributed by atoms with Crippen molar-refractivity contribution in [3.05, 3.63) is 52.8 Å². The third-order valence-electron chi connectivity index (χ3n) is 3.97. The van der Waals surface area contributed by atoms with E-state index >= 15 is 0 Å². The second-order valence-corrected chi connectivity index (χ2v) is 8.88. The molecule has 0 saturated heterocycles. The van der Waals surface area contributed by atoms with E-state index in [1.165, 1.54) is 34.1 Å². The molecule has 0 heterocycles. The molecular weight excluding hydrogens is 423 g/mol. The molecule has 0 radical (unpaired) electrons. The average Bonchev–Trinajstić information content (AvgIpc) is 2.63. The molecule has 0 atom stereocenters. The Kier molecular flexibility index (Phi) is 7.10. The molecule has 10 heteroatoms. The fourth-order valence-corrected chi connectivity index (χ4v) is 4.39. The summed E-state index contributed by atoms with van der Waals surface area (Å²) in [6.07, 6.45) is 0. The van der Waals surface area contributed by atoms with E-state index in [4.69, 9.17) is 21.1 Å². The highest BCUT2D eigenvalue weighted by molar-refractivity contribution is 7.88. The van der Waals surface area contributed by atoms with Crippen molar-refractivity contribution in [3.8, 4) is 11.5 Å². The molecule has 0 aliphatic heterocycles. The van der Waals surface area contributed by atoms with Gasteiger partial charge in [0.25, 0.3) is 0 Å². The van der Waals surface area contributed by atoms with E-state index in [9.17, 15) is 17.6 Å². The third-order valence-corrected chi connectivity index (χ3v) is 5.85. The van der Waals surface area contributed by atoms with Crippen LogP contribution in [0.25, 0.3) is 0 Å². The van der Waals surface area contributed by atoms with Gasteiger partial charge in [0.05, 0.1) is 20.0 Å². The predicted octanol–water partition coefficient (Wildman–Crippen LogP) is 3.33. The quantitative estimate of drug-likeness (QED) is 0.651. The van der Waals surface area contributed by atoms with Crippen LogP contribution in [0, 0.1) is 5.82 Å². The number of amides is 1. The van der Waals surface area contributed by atoms with Gasteiger partial charge in [0.1, 0.15) is 11.4 Å². The number of halogens is 2. The van der Waals surface area contributed by atoms with E-state index < -0.39 is 33.0 Å². The van der Waals surface area contributed by atoms with Crippen LogP contribution in [0.3, 0.4) is 0 Å². The molecule has 2 N–H and O–H groups in total. The first-order valence-electron chi connectivity index (χ1n) is 8.46. The lowest BCUT2D eigenvalue weighted by Gasteiger charge is -2.25. The van der Waals surface area contributed by atoms with Crippen LogP contribution in [0.15, 0.2) is 36.4 Å². The van der Waals surface area contributed by atoms with Crippen LogP contribution >= 0.6 is 11.6 Å². The van der Waals surface area contributed by atoms with Crippen molar-refractivity contribution < 1.29 is 27.1 Å². The molecule has 0 aromatic heterocycles. The van der Waals surface area contributed by atoms with Gasteiger partial charge in [0.15, 0.2) is 11.5 Å². The van der Waals surface area contributed by atoms with Gasteiger partial charge in [-0.2, -0.15) is 4.72 Å². The molecule has 7 nitrogen and oxygen atoms in total. The van der Waals surface area contributed by atoms with Gasteiger partial charge in [-0.15, -0.1) is 0 Å². The summed E-state index contributed by atoms with van der Waals surface area (Å²) in [6.45, 7) is 2.82. The van der Waals surface area contributed by atoms with Gasteiger partial charge < -0.3 is 14.8 Å². The second-order valence-electron chi connectivity index (χ2n) is 6.75. The van der Waals surface area contributed by atoms with Gasteiger partial charge in [0.2, 0.25) is 15.9 Å². The third kappa shape index (κ3) is 6.06. The highest BCUT2D eigenvalue weighted by Gasteiger charge is 2.33. The van der Waals surface area contributed by atoms with Crippen molar-refractivity contribution >= 4 is 33.2 Å². The summed E-state index contributed by atoms with van der Waals surface area (Å²) in [5, 5.41) is 2.74. The molecule has 29 heavy (non-hydrogen) atoms. The zero-order chi connectivity index (χ0) is 21.8. The number of rotatable bonds is 8. The Labute approximate surface area is 174 Å². The molecule has 0 aliphatic carbocycles. The van der Waals surface area contributed by atoms with Gasteiger partial charge in [0, 0.05) is 16.8 Å². The first-order chi connectivity index (χ1) is 13.5. The van der Waals surface area contributed by atoms with E-state index in [0.29, 0.717) is 17.2 Å². The van der Waals surface area contributed by atoms with Crippen molar-refractivity contribution in [1.82, 2.24) is 4.72 Å². The maximum atomic E-state index is 13.4. The van der Waals surface area contributed by atoms with E-state index in [0.717, 1.165) is 12.1 Å². The molecule has 2 aromatic rings. The SMILES string of the molecule is COc1ccc(NC(=O)C(C)(C)NS(=O)(=O)Cc2cc(F)ccc2Cl)cc1OC. The van der Waals surface area contributed by atoms with Crippen LogP contribution in [0.4, 0.5) is 10.1 Å². The molecule has 0 spiro atoms. The van der Waals surface area contributed by atoms with Crippen LogP contribution in [0.2, 0.25) is 5.02 Å². The number of benzene rings is 2. The number of sulfonamides is 1. The van der Waals surface area contributed by atoms with Crippen LogP contribution in [-0.2, 0) is 20.6 Å². The minimum atomic E-state index is -4.00. The molecule has 0 saturated carbocycles. The fraction of sp³-hybridized carbons (Fsp3) is 0.316. The molecule has 0 fully saturated rings. The monoisotopic (exact) mass is 444 g/mol. The Morgan fingerprint density at radius 3 is 2.38 bits per heavy atom. The fourth-order valence-electron chi connectivity index (χ4n) is 2.53. The van der Waals surface area contributed by atoms with E-state index in [1.54, 1.807) is 18.2 Å². The lowest BCUT2D eigenvalue weighted by atomic mass is 10.1. The summed E-state index contributed by atoms with van der Waals surface area (Å²) >= 11 is 5.94. The molecule has 0 unspecified atom stereocenters. The zero-order valence-electron chi connectivity index (χ0n) is 16.4. The maximum Gasteiger partial charge on any atom is 0.245 e. The predicted molar refractivity (Wildman–Crippen MR) is 109 cm³/mol.